The van der Waals surface area contributed by atoms with Gasteiger partial charge in [-0.3, -0.25) is 0 Å². The van der Waals surface area contributed by atoms with Crippen molar-refractivity contribution in [2.45, 2.75) is 84.1 Å². The summed E-state index contributed by atoms with van der Waals surface area (Å²) in [4.78, 5) is 0. The first-order chi connectivity index (χ1) is 9.23. The molecule has 0 aromatic carbocycles. The highest BCUT2D eigenvalue weighted by atomic mass is 14.9. The fourth-order valence-corrected chi connectivity index (χ4v) is 6.08. The molecule has 1 unspecified atom stereocenters. The van der Waals surface area contributed by atoms with Gasteiger partial charge in [-0.15, -0.1) is 0 Å². The number of rotatable bonds is 7. The lowest BCUT2D eigenvalue weighted by Gasteiger charge is -2.57. The summed E-state index contributed by atoms with van der Waals surface area (Å²) in [6, 6.07) is 0.807. The van der Waals surface area contributed by atoms with Gasteiger partial charge in [-0.25, -0.2) is 0 Å². The Kier molecular flexibility index (Phi) is 4.22. The maximum Gasteiger partial charge on any atom is 0.00722 e. The Bertz CT molecular complexity index is 261. The molecule has 0 aromatic rings. The van der Waals surface area contributed by atoms with Gasteiger partial charge in [-0.1, -0.05) is 26.7 Å². The highest BCUT2D eigenvalue weighted by molar-refractivity contribution is 5.02. The summed E-state index contributed by atoms with van der Waals surface area (Å²) in [5.74, 6) is 3.33. The average Bonchev–Trinajstić information content (AvgIpc) is 2.34. The molecular formula is C18H33N. The van der Waals surface area contributed by atoms with Crippen molar-refractivity contribution in [1.29, 1.82) is 0 Å². The van der Waals surface area contributed by atoms with Gasteiger partial charge in [0.25, 0.3) is 0 Å². The molecule has 1 atom stereocenters. The molecule has 4 aliphatic rings. The molecule has 4 aliphatic carbocycles. The molecule has 1 N–H and O–H groups in total. The van der Waals surface area contributed by atoms with E-state index >= 15 is 0 Å². The maximum atomic E-state index is 3.79. The molecule has 1 heteroatoms. The van der Waals surface area contributed by atoms with Crippen molar-refractivity contribution < 1.29 is 0 Å². The quantitative estimate of drug-likeness (QED) is 0.698. The van der Waals surface area contributed by atoms with Crippen LogP contribution in [-0.2, 0) is 0 Å². The molecule has 110 valence electrons. The van der Waals surface area contributed by atoms with Gasteiger partial charge in [-0.2, -0.15) is 0 Å². The van der Waals surface area contributed by atoms with Gasteiger partial charge in [0.15, 0.2) is 0 Å². The van der Waals surface area contributed by atoms with Crippen molar-refractivity contribution in [3.8, 4) is 0 Å². The molecule has 0 amide bonds. The van der Waals surface area contributed by atoms with Gasteiger partial charge >= 0.3 is 0 Å². The van der Waals surface area contributed by atoms with E-state index < -0.39 is 0 Å². The lowest BCUT2D eigenvalue weighted by Crippen LogP contribution is -2.48. The van der Waals surface area contributed by atoms with Gasteiger partial charge in [0.05, 0.1) is 0 Å². The van der Waals surface area contributed by atoms with E-state index in [1.807, 2.05) is 0 Å². The molecule has 4 fully saturated rings. The highest BCUT2D eigenvalue weighted by Gasteiger charge is 2.51. The smallest absolute Gasteiger partial charge is 0.00722 e. The highest BCUT2D eigenvalue weighted by Crippen LogP contribution is 2.61. The molecule has 0 aliphatic heterocycles. The second kappa shape index (κ2) is 5.76. The van der Waals surface area contributed by atoms with Crippen LogP contribution in [0, 0.1) is 23.2 Å². The SMILES string of the molecule is CCCCC(CC12CC3CC(CC(C3)C1)C2)NCC. The average molecular weight is 263 g/mol. The minimum Gasteiger partial charge on any atom is -0.314 e. The summed E-state index contributed by atoms with van der Waals surface area (Å²) in [6.07, 6.45) is 15.1. The molecule has 0 saturated heterocycles. The molecule has 0 heterocycles. The van der Waals surface area contributed by atoms with Crippen molar-refractivity contribution in [2.75, 3.05) is 6.54 Å². The zero-order valence-corrected chi connectivity index (χ0v) is 13.1. The second-order valence-corrected chi connectivity index (χ2v) is 8.02. The standard InChI is InChI=1S/C18H33N/c1-3-5-6-17(19-4-2)13-18-10-14-7-15(11-18)9-16(8-14)12-18/h14-17,19H,3-13H2,1-2H3. The van der Waals surface area contributed by atoms with E-state index in [9.17, 15) is 0 Å². The molecule has 4 rings (SSSR count). The van der Waals surface area contributed by atoms with E-state index in [4.69, 9.17) is 0 Å². The summed E-state index contributed by atoms with van der Waals surface area (Å²) in [5.41, 5.74) is 0.759. The minimum absolute atomic E-state index is 0.759. The third-order valence-corrected chi connectivity index (χ3v) is 6.24. The van der Waals surface area contributed by atoms with E-state index in [0.717, 1.165) is 35.8 Å². The number of nitrogens with one attached hydrogen (secondary N) is 1. The van der Waals surface area contributed by atoms with E-state index in [1.54, 1.807) is 38.5 Å². The third-order valence-electron chi connectivity index (χ3n) is 6.24. The Balaban J connectivity index is 1.63. The first-order valence-corrected chi connectivity index (χ1v) is 8.96. The summed E-state index contributed by atoms with van der Waals surface area (Å²) in [5, 5.41) is 3.79. The van der Waals surface area contributed by atoms with Crippen LogP contribution in [0.1, 0.15) is 78.1 Å². The van der Waals surface area contributed by atoms with Crippen LogP contribution >= 0.6 is 0 Å². The minimum atomic E-state index is 0.759. The predicted octanol–water partition coefficient (Wildman–Crippen LogP) is 4.76. The van der Waals surface area contributed by atoms with Gasteiger partial charge in [0.1, 0.15) is 0 Å². The number of hydrogen-bond donors (Lipinski definition) is 1. The first-order valence-electron chi connectivity index (χ1n) is 8.96. The summed E-state index contributed by atoms with van der Waals surface area (Å²) in [7, 11) is 0. The summed E-state index contributed by atoms with van der Waals surface area (Å²) in [6.45, 7) is 5.76. The van der Waals surface area contributed by atoms with Crippen LogP contribution < -0.4 is 5.32 Å². The fraction of sp³-hybridized carbons (Fsp3) is 1.00. The van der Waals surface area contributed by atoms with E-state index in [1.165, 1.54) is 25.7 Å². The van der Waals surface area contributed by atoms with Gasteiger partial charge < -0.3 is 5.32 Å². The van der Waals surface area contributed by atoms with Gasteiger partial charge in [0, 0.05) is 6.04 Å². The third kappa shape index (κ3) is 3.01. The molecule has 4 bridgehead atoms. The first kappa shape index (κ1) is 13.9. The molecule has 4 saturated carbocycles. The van der Waals surface area contributed by atoms with Crippen molar-refractivity contribution in [1.82, 2.24) is 5.32 Å². The Morgan fingerprint density at radius 2 is 1.58 bits per heavy atom. The van der Waals surface area contributed by atoms with Crippen molar-refractivity contribution in [3.63, 3.8) is 0 Å². The van der Waals surface area contributed by atoms with Crippen LogP contribution in [0.15, 0.2) is 0 Å². The van der Waals surface area contributed by atoms with Crippen LogP contribution in [0.2, 0.25) is 0 Å². The van der Waals surface area contributed by atoms with Crippen LogP contribution in [0.3, 0.4) is 0 Å². The Morgan fingerprint density at radius 3 is 2.05 bits per heavy atom. The van der Waals surface area contributed by atoms with Crippen molar-refractivity contribution in [2.24, 2.45) is 23.2 Å². The number of unbranched alkanes of at least 4 members (excludes halogenated alkanes) is 1. The van der Waals surface area contributed by atoms with Crippen LogP contribution in [0.4, 0.5) is 0 Å². The van der Waals surface area contributed by atoms with E-state index in [2.05, 4.69) is 19.2 Å². The summed E-state index contributed by atoms with van der Waals surface area (Å²) >= 11 is 0. The van der Waals surface area contributed by atoms with E-state index in [0.29, 0.717) is 0 Å². The zero-order chi connectivity index (χ0) is 13.3. The topological polar surface area (TPSA) is 12.0 Å². The largest absolute Gasteiger partial charge is 0.314 e. The Morgan fingerprint density at radius 1 is 1.00 bits per heavy atom. The van der Waals surface area contributed by atoms with Gasteiger partial charge in [-0.05, 0) is 81.1 Å². The Labute approximate surface area is 119 Å². The summed E-state index contributed by atoms with van der Waals surface area (Å²) < 4.78 is 0. The molecular weight excluding hydrogens is 230 g/mol. The normalized spacial score (nSPS) is 41.7. The molecule has 0 spiro atoms. The molecule has 19 heavy (non-hydrogen) atoms. The lowest BCUT2D eigenvalue weighted by atomic mass is 9.48. The van der Waals surface area contributed by atoms with Crippen molar-refractivity contribution >= 4 is 0 Å². The van der Waals surface area contributed by atoms with Crippen LogP contribution in [0.5, 0.6) is 0 Å². The molecule has 0 aromatic heterocycles. The van der Waals surface area contributed by atoms with Crippen LogP contribution in [-0.4, -0.2) is 12.6 Å². The molecule has 0 radical (unpaired) electrons. The zero-order valence-electron chi connectivity index (χ0n) is 13.1. The van der Waals surface area contributed by atoms with Crippen molar-refractivity contribution in [3.05, 3.63) is 0 Å². The maximum absolute atomic E-state index is 3.79. The van der Waals surface area contributed by atoms with E-state index in [-0.39, 0.29) is 0 Å². The monoisotopic (exact) mass is 263 g/mol. The van der Waals surface area contributed by atoms with Gasteiger partial charge in [0.2, 0.25) is 0 Å². The predicted molar refractivity (Wildman–Crippen MR) is 82.2 cm³/mol. The number of hydrogen-bond acceptors (Lipinski definition) is 1. The second-order valence-electron chi connectivity index (χ2n) is 8.02. The fourth-order valence-electron chi connectivity index (χ4n) is 6.08. The molecule has 1 nitrogen and oxygen atoms in total. The van der Waals surface area contributed by atoms with Crippen LogP contribution in [0.25, 0.3) is 0 Å². The lowest BCUT2D eigenvalue weighted by molar-refractivity contribution is -0.0623. The Hall–Kier alpha value is -0.0400.